The topological polar surface area (TPSA) is 38.3 Å². The molecular weight excluding hydrogens is 238 g/mol. The predicted molar refractivity (Wildman–Crippen MR) is 79.5 cm³/mol. The average molecular weight is 261 g/mol. The van der Waals surface area contributed by atoms with Crippen molar-refractivity contribution in [2.75, 3.05) is 11.9 Å². The standard InChI is InChI=1S/C16H23NO2/c1-3-5-7-13-19-15-11-9-14(10-12-15)17-16(18)8-6-4-2/h3,9-12H,1,4-8,13H2,2H3,(H,17,18). The van der Waals surface area contributed by atoms with Crippen molar-refractivity contribution in [2.24, 2.45) is 0 Å². The summed E-state index contributed by atoms with van der Waals surface area (Å²) in [7, 11) is 0. The highest BCUT2D eigenvalue weighted by atomic mass is 16.5. The Labute approximate surface area is 115 Å². The fourth-order valence-corrected chi connectivity index (χ4v) is 1.61. The Morgan fingerprint density at radius 3 is 2.68 bits per heavy atom. The number of amides is 1. The van der Waals surface area contributed by atoms with Crippen LogP contribution in [-0.2, 0) is 4.79 Å². The molecule has 0 spiro atoms. The Hall–Kier alpha value is -1.77. The molecule has 0 saturated carbocycles. The van der Waals surface area contributed by atoms with E-state index in [0.29, 0.717) is 13.0 Å². The van der Waals surface area contributed by atoms with Gasteiger partial charge in [-0.3, -0.25) is 4.79 Å². The number of rotatable bonds is 9. The van der Waals surface area contributed by atoms with Crippen molar-refractivity contribution in [3.8, 4) is 5.75 Å². The summed E-state index contributed by atoms with van der Waals surface area (Å²) in [5, 5.41) is 2.87. The first-order chi connectivity index (χ1) is 9.26. The van der Waals surface area contributed by atoms with E-state index in [1.165, 1.54) is 0 Å². The summed E-state index contributed by atoms with van der Waals surface area (Å²) < 4.78 is 5.57. The van der Waals surface area contributed by atoms with Gasteiger partial charge in [0.25, 0.3) is 0 Å². The minimum Gasteiger partial charge on any atom is -0.494 e. The number of hydrogen-bond donors (Lipinski definition) is 1. The number of ether oxygens (including phenoxy) is 1. The van der Waals surface area contributed by atoms with Gasteiger partial charge in [0.1, 0.15) is 5.75 Å². The maximum Gasteiger partial charge on any atom is 0.224 e. The predicted octanol–water partition coefficient (Wildman–Crippen LogP) is 4.16. The maximum absolute atomic E-state index is 11.5. The molecule has 0 heterocycles. The molecular formula is C16H23NO2. The van der Waals surface area contributed by atoms with Gasteiger partial charge in [0, 0.05) is 12.1 Å². The lowest BCUT2D eigenvalue weighted by molar-refractivity contribution is -0.116. The summed E-state index contributed by atoms with van der Waals surface area (Å²) >= 11 is 0. The van der Waals surface area contributed by atoms with E-state index in [1.54, 1.807) is 0 Å². The van der Waals surface area contributed by atoms with Gasteiger partial charge >= 0.3 is 0 Å². The molecule has 3 heteroatoms. The van der Waals surface area contributed by atoms with Crippen LogP contribution in [0.15, 0.2) is 36.9 Å². The molecule has 19 heavy (non-hydrogen) atoms. The molecule has 0 unspecified atom stereocenters. The fourth-order valence-electron chi connectivity index (χ4n) is 1.61. The third-order valence-electron chi connectivity index (χ3n) is 2.72. The molecule has 0 aliphatic carbocycles. The summed E-state index contributed by atoms with van der Waals surface area (Å²) in [5.41, 5.74) is 0.819. The van der Waals surface area contributed by atoms with E-state index in [0.717, 1.165) is 37.1 Å². The van der Waals surface area contributed by atoms with Crippen LogP contribution in [-0.4, -0.2) is 12.5 Å². The Morgan fingerprint density at radius 2 is 2.05 bits per heavy atom. The van der Waals surface area contributed by atoms with Gasteiger partial charge in [-0.1, -0.05) is 19.4 Å². The van der Waals surface area contributed by atoms with Crippen molar-refractivity contribution < 1.29 is 9.53 Å². The molecule has 0 aliphatic rings. The zero-order chi connectivity index (χ0) is 13.9. The molecule has 3 nitrogen and oxygen atoms in total. The summed E-state index contributed by atoms with van der Waals surface area (Å²) in [6.45, 7) is 6.43. The monoisotopic (exact) mass is 261 g/mol. The molecule has 0 bridgehead atoms. The molecule has 104 valence electrons. The number of carbonyl (C=O) groups is 1. The molecule has 1 N–H and O–H groups in total. The van der Waals surface area contributed by atoms with Gasteiger partial charge < -0.3 is 10.1 Å². The van der Waals surface area contributed by atoms with Gasteiger partial charge in [0.05, 0.1) is 6.61 Å². The van der Waals surface area contributed by atoms with Gasteiger partial charge in [0.2, 0.25) is 5.91 Å². The van der Waals surface area contributed by atoms with E-state index >= 15 is 0 Å². The lowest BCUT2D eigenvalue weighted by Gasteiger charge is -2.07. The highest BCUT2D eigenvalue weighted by Crippen LogP contribution is 2.16. The molecule has 0 aromatic heterocycles. The second kappa shape index (κ2) is 9.20. The van der Waals surface area contributed by atoms with Crippen LogP contribution in [0.25, 0.3) is 0 Å². The zero-order valence-corrected chi connectivity index (χ0v) is 11.7. The first-order valence-corrected chi connectivity index (χ1v) is 6.90. The number of allylic oxidation sites excluding steroid dienone is 1. The largest absolute Gasteiger partial charge is 0.494 e. The van der Waals surface area contributed by atoms with Crippen LogP contribution < -0.4 is 10.1 Å². The molecule has 1 amide bonds. The molecule has 1 aromatic rings. The summed E-state index contributed by atoms with van der Waals surface area (Å²) in [6, 6.07) is 7.49. The van der Waals surface area contributed by atoms with Crippen LogP contribution in [0.2, 0.25) is 0 Å². The van der Waals surface area contributed by atoms with Crippen LogP contribution in [0.4, 0.5) is 5.69 Å². The van der Waals surface area contributed by atoms with Gasteiger partial charge in [-0.25, -0.2) is 0 Å². The van der Waals surface area contributed by atoms with Crippen molar-refractivity contribution in [3.05, 3.63) is 36.9 Å². The molecule has 1 aromatic carbocycles. The Balaban J connectivity index is 2.34. The Bertz CT molecular complexity index is 384. The Kier molecular flexibility index (Phi) is 7.40. The van der Waals surface area contributed by atoms with Gasteiger partial charge in [-0.15, -0.1) is 6.58 Å². The van der Waals surface area contributed by atoms with Gasteiger partial charge in [-0.05, 0) is 43.5 Å². The quantitative estimate of drug-likeness (QED) is 0.535. The van der Waals surface area contributed by atoms with E-state index in [1.807, 2.05) is 30.3 Å². The van der Waals surface area contributed by atoms with Crippen molar-refractivity contribution >= 4 is 11.6 Å². The van der Waals surface area contributed by atoms with E-state index in [-0.39, 0.29) is 5.91 Å². The fraction of sp³-hybridized carbons (Fsp3) is 0.438. The number of benzene rings is 1. The minimum atomic E-state index is 0.0708. The van der Waals surface area contributed by atoms with Crippen molar-refractivity contribution in [1.82, 2.24) is 0 Å². The molecule has 0 atom stereocenters. The summed E-state index contributed by atoms with van der Waals surface area (Å²) in [6.07, 6.45) is 6.36. The van der Waals surface area contributed by atoms with Gasteiger partial charge in [-0.2, -0.15) is 0 Å². The third kappa shape index (κ3) is 6.65. The number of hydrogen-bond acceptors (Lipinski definition) is 2. The summed E-state index contributed by atoms with van der Waals surface area (Å²) in [4.78, 5) is 11.5. The average Bonchev–Trinajstić information content (AvgIpc) is 2.43. The lowest BCUT2D eigenvalue weighted by Crippen LogP contribution is -2.10. The number of carbonyl (C=O) groups excluding carboxylic acids is 1. The number of anilines is 1. The van der Waals surface area contributed by atoms with Crippen molar-refractivity contribution in [3.63, 3.8) is 0 Å². The molecule has 0 saturated heterocycles. The van der Waals surface area contributed by atoms with Gasteiger partial charge in [0.15, 0.2) is 0 Å². The first kappa shape index (κ1) is 15.3. The van der Waals surface area contributed by atoms with E-state index in [4.69, 9.17) is 4.74 Å². The van der Waals surface area contributed by atoms with E-state index in [9.17, 15) is 4.79 Å². The maximum atomic E-state index is 11.5. The van der Waals surface area contributed by atoms with E-state index in [2.05, 4.69) is 18.8 Å². The zero-order valence-electron chi connectivity index (χ0n) is 11.7. The van der Waals surface area contributed by atoms with Crippen LogP contribution in [0.5, 0.6) is 5.75 Å². The van der Waals surface area contributed by atoms with Crippen LogP contribution in [0, 0.1) is 0 Å². The lowest BCUT2D eigenvalue weighted by atomic mass is 10.2. The van der Waals surface area contributed by atoms with Crippen LogP contribution in [0.1, 0.15) is 39.0 Å². The van der Waals surface area contributed by atoms with Crippen LogP contribution >= 0.6 is 0 Å². The minimum absolute atomic E-state index is 0.0708. The van der Waals surface area contributed by atoms with Crippen molar-refractivity contribution in [2.45, 2.75) is 39.0 Å². The summed E-state index contributed by atoms with van der Waals surface area (Å²) in [5.74, 6) is 0.900. The SMILES string of the molecule is C=CCCCOc1ccc(NC(=O)CCCC)cc1. The smallest absolute Gasteiger partial charge is 0.224 e. The second-order valence-corrected chi connectivity index (χ2v) is 4.46. The molecule has 0 aliphatic heterocycles. The second-order valence-electron chi connectivity index (χ2n) is 4.46. The molecule has 0 radical (unpaired) electrons. The molecule has 1 rings (SSSR count). The third-order valence-corrected chi connectivity index (χ3v) is 2.72. The number of unbranched alkanes of at least 4 members (excludes halogenated alkanes) is 2. The number of nitrogens with one attached hydrogen (secondary N) is 1. The van der Waals surface area contributed by atoms with E-state index < -0.39 is 0 Å². The normalized spacial score (nSPS) is 9.95. The van der Waals surface area contributed by atoms with Crippen molar-refractivity contribution in [1.29, 1.82) is 0 Å². The highest BCUT2D eigenvalue weighted by molar-refractivity contribution is 5.90. The Morgan fingerprint density at radius 1 is 1.32 bits per heavy atom. The highest BCUT2D eigenvalue weighted by Gasteiger charge is 2.01. The van der Waals surface area contributed by atoms with Crippen LogP contribution in [0.3, 0.4) is 0 Å². The first-order valence-electron chi connectivity index (χ1n) is 6.90. The molecule has 0 fully saturated rings.